The predicted molar refractivity (Wildman–Crippen MR) is 114 cm³/mol. The fraction of sp³-hybridized carbons (Fsp3) is 0.750. The van der Waals surface area contributed by atoms with E-state index in [0.29, 0.717) is 5.41 Å². The maximum Gasteiger partial charge on any atom is 0.302 e. The van der Waals surface area contributed by atoms with Gasteiger partial charge < -0.3 is 9.47 Å². The molecule has 4 heteroatoms. The average molecular weight is 393 g/mol. The van der Waals surface area contributed by atoms with Crippen LogP contribution >= 0.6 is 0 Å². The Hall–Kier alpha value is -1.58. The summed E-state index contributed by atoms with van der Waals surface area (Å²) in [5.74, 6) is 1.01. The minimum atomic E-state index is -0.307. The molecule has 1 rings (SSSR count). The van der Waals surface area contributed by atoms with Crippen LogP contribution in [0.3, 0.4) is 0 Å². The van der Waals surface area contributed by atoms with Crippen LogP contribution in [0.15, 0.2) is 23.3 Å². The highest BCUT2D eigenvalue weighted by Crippen LogP contribution is 2.46. The summed E-state index contributed by atoms with van der Waals surface area (Å²) in [6.45, 7) is 12.8. The van der Waals surface area contributed by atoms with Crippen LogP contribution in [0.5, 0.6) is 0 Å². The Bertz CT molecular complexity index is 571. The van der Waals surface area contributed by atoms with Gasteiger partial charge in [0.25, 0.3) is 0 Å². The molecule has 0 amide bonds. The van der Waals surface area contributed by atoms with E-state index < -0.39 is 0 Å². The first kappa shape index (κ1) is 24.5. The average Bonchev–Trinajstić information content (AvgIpc) is 2.57. The van der Waals surface area contributed by atoms with Crippen LogP contribution in [0.1, 0.15) is 86.5 Å². The van der Waals surface area contributed by atoms with Gasteiger partial charge in [-0.2, -0.15) is 0 Å². The maximum absolute atomic E-state index is 11.1. The van der Waals surface area contributed by atoms with Gasteiger partial charge in [-0.15, -0.1) is 0 Å². The van der Waals surface area contributed by atoms with Gasteiger partial charge in [0.15, 0.2) is 0 Å². The summed E-state index contributed by atoms with van der Waals surface area (Å²) >= 11 is 0. The lowest BCUT2D eigenvalue weighted by molar-refractivity contribution is -0.141. The number of hydrogen-bond donors (Lipinski definition) is 0. The zero-order valence-electron chi connectivity index (χ0n) is 18.8. The summed E-state index contributed by atoms with van der Waals surface area (Å²) in [6, 6.07) is 0. The smallest absolute Gasteiger partial charge is 0.302 e. The first-order valence-corrected chi connectivity index (χ1v) is 10.7. The van der Waals surface area contributed by atoms with Crippen molar-refractivity contribution in [2.45, 2.75) is 86.5 Å². The van der Waals surface area contributed by atoms with Gasteiger partial charge >= 0.3 is 11.9 Å². The third-order valence-electron chi connectivity index (χ3n) is 6.10. The lowest BCUT2D eigenvalue weighted by atomic mass is 9.62. The Morgan fingerprint density at radius 2 is 1.71 bits per heavy atom. The second-order valence-electron chi connectivity index (χ2n) is 9.04. The second kappa shape index (κ2) is 12.1. The third kappa shape index (κ3) is 9.57. The van der Waals surface area contributed by atoms with Crippen molar-refractivity contribution in [3.05, 3.63) is 23.3 Å². The van der Waals surface area contributed by atoms with Gasteiger partial charge in [0.1, 0.15) is 13.2 Å². The van der Waals surface area contributed by atoms with E-state index in [0.717, 1.165) is 36.7 Å². The van der Waals surface area contributed by atoms with Crippen LogP contribution in [0.25, 0.3) is 0 Å². The van der Waals surface area contributed by atoms with E-state index in [1.165, 1.54) is 45.1 Å². The standard InChI is InChI=1S/C24H40O4/c1-18(12-13-23-19(2)10-8-15-24(23,5)6)9-7-11-22(17-28-21(4)26)14-16-27-20(3)25/h9,14,19,23H,7-8,10-13,15-17H2,1-6H3. The van der Waals surface area contributed by atoms with Crippen LogP contribution in [0, 0.1) is 17.3 Å². The minimum Gasteiger partial charge on any atom is -0.462 e. The third-order valence-corrected chi connectivity index (χ3v) is 6.10. The zero-order valence-corrected chi connectivity index (χ0v) is 18.8. The molecule has 0 radical (unpaired) electrons. The number of rotatable bonds is 10. The van der Waals surface area contributed by atoms with E-state index in [-0.39, 0.29) is 25.2 Å². The van der Waals surface area contributed by atoms with Crippen LogP contribution in [0.2, 0.25) is 0 Å². The van der Waals surface area contributed by atoms with Gasteiger partial charge in [0, 0.05) is 13.8 Å². The van der Waals surface area contributed by atoms with Crippen molar-refractivity contribution in [1.82, 2.24) is 0 Å². The molecule has 0 bridgehead atoms. The fourth-order valence-corrected chi connectivity index (χ4v) is 4.41. The zero-order chi connectivity index (χ0) is 21.2. The van der Waals surface area contributed by atoms with E-state index in [2.05, 4.69) is 33.8 Å². The Kier molecular flexibility index (Phi) is 10.6. The highest BCUT2D eigenvalue weighted by Gasteiger charge is 2.36. The topological polar surface area (TPSA) is 52.6 Å². The molecule has 0 aromatic carbocycles. The van der Waals surface area contributed by atoms with E-state index in [9.17, 15) is 9.59 Å². The van der Waals surface area contributed by atoms with Crippen molar-refractivity contribution in [2.24, 2.45) is 17.3 Å². The summed E-state index contributed by atoms with van der Waals surface area (Å²) in [4.78, 5) is 22.0. The maximum atomic E-state index is 11.1. The Morgan fingerprint density at radius 3 is 2.32 bits per heavy atom. The van der Waals surface area contributed by atoms with Crippen molar-refractivity contribution in [2.75, 3.05) is 13.2 Å². The Labute approximate surface area is 171 Å². The summed E-state index contributed by atoms with van der Waals surface area (Å²) < 4.78 is 10.1. The van der Waals surface area contributed by atoms with Crippen LogP contribution in [-0.2, 0) is 19.1 Å². The molecule has 0 N–H and O–H groups in total. The molecule has 2 unspecified atom stereocenters. The quantitative estimate of drug-likeness (QED) is 0.337. The number of carbonyl (C=O) groups excluding carboxylic acids is 2. The molecular formula is C24H40O4. The Balaban J connectivity index is 2.51. The molecule has 160 valence electrons. The van der Waals surface area contributed by atoms with Crippen LogP contribution < -0.4 is 0 Å². The first-order valence-electron chi connectivity index (χ1n) is 10.7. The fourth-order valence-electron chi connectivity index (χ4n) is 4.41. The van der Waals surface area contributed by atoms with Gasteiger partial charge in [-0.1, -0.05) is 45.3 Å². The molecular weight excluding hydrogens is 352 g/mol. The number of carbonyl (C=O) groups is 2. The molecule has 0 aliphatic heterocycles. The highest BCUT2D eigenvalue weighted by molar-refractivity contribution is 5.66. The lowest BCUT2D eigenvalue weighted by Crippen LogP contribution is -2.33. The lowest BCUT2D eigenvalue weighted by Gasteiger charge is -2.43. The number of ether oxygens (including phenoxy) is 2. The van der Waals surface area contributed by atoms with E-state index in [4.69, 9.17) is 9.47 Å². The van der Waals surface area contributed by atoms with Gasteiger partial charge in [0.05, 0.1) is 0 Å². The summed E-state index contributed by atoms with van der Waals surface area (Å²) in [6.07, 6.45) is 12.3. The molecule has 0 heterocycles. The van der Waals surface area contributed by atoms with Crippen molar-refractivity contribution in [3.63, 3.8) is 0 Å². The monoisotopic (exact) mass is 392 g/mol. The summed E-state index contributed by atoms with van der Waals surface area (Å²) in [5, 5.41) is 0. The van der Waals surface area contributed by atoms with Crippen molar-refractivity contribution in [3.8, 4) is 0 Å². The predicted octanol–water partition coefficient (Wildman–Crippen LogP) is 6.01. The highest BCUT2D eigenvalue weighted by atomic mass is 16.5. The van der Waals surface area contributed by atoms with E-state index in [1.807, 2.05) is 6.08 Å². The molecule has 1 fully saturated rings. The molecule has 28 heavy (non-hydrogen) atoms. The van der Waals surface area contributed by atoms with E-state index >= 15 is 0 Å². The largest absolute Gasteiger partial charge is 0.462 e. The van der Waals surface area contributed by atoms with Crippen molar-refractivity contribution >= 4 is 11.9 Å². The minimum absolute atomic E-state index is 0.225. The molecule has 4 nitrogen and oxygen atoms in total. The van der Waals surface area contributed by atoms with Gasteiger partial charge in [0.2, 0.25) is 0 Å². The summed E-state index contributed by atoms with van der Waals surface area (Å²) in [7, 11) is 0. The second-order valence-corrected chi connectivity index (χ2v) is 9.04. The van der Waals surface area contributed by atoms with Gasteiger partial charge in [-0.3, -0.25) is 9.59 Å². The van der Waals surface area contributed by atoms with Gasteiger partial charge in [-0.25, -0.2) is 0 Å². The summed E-state index contributed by atoms with van der Waals surface area (Å²) in [5.41, 5.74) is 2.87. The molecule has 1 saturated carbocycles. The molecule has 0 aromatic rings. The molecule has 1 aliphatic carbocycles. The normalized spacial score (nSPS) is 22.6. The van der Waals surface area contributed by atoms with Gasteiger partial charge in [-0.05, 0) is 67.9 Å². The number of allylic oxidation sites excluding steroid dienone is 2. The van der Waals surface area contributed by atoms with Crippen molar-refractivity contribution in [1.29, 1.82) is 0 Å². The molecule has 1 aliphatic rings. The molecule has 0 aromatic heterocycles. The molecule has 2 atom stereocenters. The molecule has 0 saturated heterocycles. The SMILES string of the molecule is CC(=O)OCC=C(CCC=C(C)CCC1C(C)CCCC1(C)C)COC(C)=O. The van der Waals surface area contributed by atoms with Crippen LogP contribution in [0.4, 0.5) is 0 Å². The Morgan fingerprint density at radius 1 is 1.04 bits per heavy atom. The van der Waals surface area contributed by atoms with E-state index in [1.54, 1.807) is 0 Å². The number of hydrogen-bond acceptors (Lipinski definition) is 4. The van der Waals surface area contributed by atoms with Crippen molar-refractivity contribution < 1.29 is 19.1 Å². The van der Waals surface area contributed by atoms with Crippen LogP contribution in [-0.4, -0.2) is 25.2 Å². The number of esters is 2. The first-order chi connectivity index (χ1) is 13.1. The molecule has 0 spiro atoms.